The fraction of sp³-hybridized carbons (Fsp3) is 0.500. The van der Waals surface area contributed by atoms with Gasteiger partial charge in [-0.25, -0.2) is 5.26 Å². The topological polar surface area (TPSA) is 42.0 Å². The molecule has 1 N–H and O–H groups in total. The molecule has 1 fully saturated rings. The van der Waals surface area contributed by atoms with Gasteiger partial charge >= 0.3 is 0 Å². The minimum absolute atomic E-state index is 0.310. The average molecular weight is 75.0 g/mol. The normalized spacial score (nSPS) is 23.4. The molecule has 0 aromatic rings. The van der Waals surface area contributed by atoms with Gasteiger partial charge in [0.1, 0.15) is 6.61 Å². The van der Waals surface area contributed by atoms with Gasteiger partial charge in [0, 0.05) is 0 Å². The third kappa shape index (κ3) is 0.576. The Balaban J connectivity index is 2.00. The lowest BCUT2D eigenvalue weighted by atomic mass is 10.9. The Bertz CT molecular complexity index is 31.9. The van der Waals surface area contributed by atoms with Crippen molar-refractivity contribution in [3.8, 4) is 0 Å². The fourth-order valence-electron chi connectivity index (χ4n) is 0.0822. The van der Waals surface area contributed by atoms with Crippen LogP contribution in [0.4, 0.5) is 0 Å². The molecule has 0 unspecified atom stereocenters. The highest BCUT2D eigenvalue weighted by Gasteiger charge is 2.26. The van der Waals surface area contributed by atoms with Gasteiger partial charge in [-0.05, 0) is 0 Å². The first-order chi connectivity index (χ1) is 2.43. The zero-order chi connectivity index (χ0) is 3.70. The molecule has 0 bridgehead atoms. The molecule has 0 aromatic heterocycles. The number of rotatable bonds is 1. The van der Waals surface area contributed by atoms with Gasteiger partial charge in [0.05, 0.1) is 0 Å². The Morgan fingerprint density at radius 3 is 2.60 bits per heavy atom. The van der Waals surface area contributed by atoms with Gasteiger partial charge in [-0.15, -0.1) is 0 Å². The minimum atomic E-state index is 0.310. The van der Waals surface area contributed by atoms with Crippen molar-refractivity contribution >= 4 is 0 Å². The quantitative estimate of drug-likeness (QED) is 0.271. The van der Waals surface area contributed by atoms with Crippen molar-refractivity contribution in [1.29, 1.82) is 0 Å². The van der Waals surface area contributed by atoms with Crippen LogP contribution in [0.3, 0.4) is 0 Å². The molecule has 1 saturated heterocycles. The average Bonchev–Trinajstić information content (AvgIpc) is 2.12. The Kier molecular flexibility index (Phi) is 0.574. The predicted octanol–water partition coefficient (Wildman–Crippen LogP) is -0.00431. The molecule has 0 saturated carbocycles. The summed E-state index contributed by atoms with van der Waals surface area (Å²) < 4.78 is 4.30. The van der Waals surface area contributed by atoms with Gasteiger partial charge in [-0.3, -0.25) is 0 Å². The van der Waals surface area contributed by atoms with E-state index in [0.29, 0.717) is 12.9 Å². The van der Waals surface area contributed by atoms with Crippen LogP contribution in [0.15, 0.2) is 0 Å². The van der Waals surface area contributed by atoms with E-state index in [2.05, 4.69) is 9.62 Å². The summed E-state index contributed by atoms with van der Waals surface area (Å²) in [6.07, 6.45) is 0.310. The van der Waals surface area contributed by atoms with Crippen LogP contribution in [0, 0.1) is 6.29 Å². The monoisotopic (exact) mass is 75.0 g/mol. The Morgan fingerprint density at radius 1 is 2.00 bits per heavy atom. The van der Waals surface area contributed by atoms with Crippen molar-refractivity contribution in [2.24, 2.45) is 0 Å². The van der Waals surface area contributed by atoms with E-state index in [-0.39, 0.29) is 0 Å². The number of hydrogen-bond donors (Lipinski definition) is 1. The van der Waals surface area contributed by atoms with E-state index in [1.54, 1.807) is 0 Å². The molecule has 0 aromatic carbocycles. The maximum absolute atomic E-state index is 7.54. The van der Waals surface area contributed by atoms with E-state index in [0.717, 1.165) is 0 Å². The molecule has 3 nitrogen and oxygen atoms in total. The van der Waals surface area contributed by atoms with Gasteiger partial charge in [-0.1, -0.05) is 0 Å². The summed E-state index contributed by atoms with van der Waals surface area (Å²) in [6.45, 7) is 0.455. The fourth-order valence-corrected chi connectivity index (χ4v) is 0.0822. The van der Waals surface area contributed by atoms with Gasteiger partial charge in [0.15, 0.2) is 0 Å². The lowest BCUT2D eigenvalue weighted by Crippen LogP contribution is -1.73. The van der Waals surface area contributed by atoms with Crippen LogP contribution >= 0.6 is 0 Å². The summed E-state index contributed by atoms with van der Waals surface area (Å²) in [7, 11) is 0. The van der Waals surface area contributed by atoms with Crippen molar-refractivity contribution in [2.75, 3.05) is 6.61 Å². The second-order valence-corrected chi connectivity index (χ2v) is 0.752. The molecule has 0 amide bonds. The third-order valence-corrected chi connectivity index (χ3v) is 0.364. The largest absolute Gasteiger partial charge is 0.335 e. The Morgan fingerprint density at radius 2 is 2.60 bits per heavy atom. The van der Waals surface area contributed by atoms with Crippen LogP contribution in [0.25, 0.3) is 0 Å². The highest BCUT2D eigenvalue weighted by Crippen LogP contribution is 2.17. The van der Waals surface area contributed by atoms with E-state index in [1.165, 1.54) is 0 Å². The van der Waals surface area contributed by atoms with Crippen LogP contribution in [0.5, 0.6) is 0 Å². The summed E-state index contributed by atoms with van der Waals surface area (Å²) in [5.41, 5.74) is 0. The number of epoxide rings is 1. The van der Waals surface area contributed by atoms with Gasteiger partial charge in [0.25, 0.3) is 6.29 Å². The summed E-state index contributed by atoms with van der Waals surface area (Å²) in [5.74, 6) is 0. The van der Waals surface area contributed by atoms with Crippen molar-refractivity contribution in [3.05, 3.63) is 6.29 Å². The predicted molar refractivity (Wildman–Crippen MR) is 12.9 cm³/mol. The standard InChI is InChI=1S/C2H3O3/c3-5-2-1-4-2/h3H,1H2. The first-order valence-corrected chi connectivity index (χ1v) is 1.23. The van der Waals surface area contributed by atoms with Crippen LogP contribution < -0.4 is 0 Å². The first-order valence-electron chi connectivity index (χ1n) is 1.23. The first kappa shape index (κ1) is 3.08. The zero-order valence-electron chi connectivity index (χ0n) is 2.47. The maximum atomic E-state index is 7.54. The van der Waals surface area contributed by atoms with E-state index >= 15 is 0 Å². The van der Waals surface area contributed by atoms with Crippen molar-refractivity contribution in [2.45, 2.75) is 0 Å². The van der Waals surface area contributed by atoms with E-state index in [1.807, 2.05) is 0 Å². The maximum Gasteiger partial charge on any atom is 0.285 e. The molecule has 1 rings (SSSR count). The second kappa shape index (κ2) is 0.931. The summed E-state index contributed by atoms with van der Waals surface area (Å²) in [5, 5.41) is 7.54. The lowest BCUT2D eigenvalue weighted by molar-refractivity contribution is -0.233. The van der Waals surface area contributed by atoms with Gasteiger partial charge < -0.3 is 4.74 Å². The molecule has 1 radical (unpaired) electrons. The summed E-state index contributed by atoms with van der Waals surface area (Å²) >= 11 is 0. The molecule has 1 aliphatic rings. The molecule has 0 aliphatic carbocycles. The lowest BCUT2D eigenvalue weighted by Gasteiger charge is -1.71. The van der Waals surface area contributed by atoms with Crippen LogP contribution in [-0.4, -0.2) is 11.9 Å². The minimum Gasteiger partial charge on any atom is -0.335 e. The SMILES string of the molecule is OO[C]1CO1. The van der Waals surface area contributed by atoms with E-state index in [4.69, 9.17) is 5.26 Å². The molecule has 0 atom stereocenters. The Labute approximate surface area is 29.0 Å². The zero-order valence-corrected chi connectivity index (χ0v) is 2.47. The van der Waals surface area contributed by atoms with Crippen molar-refractivity contribution in [3.63, 3.8) is 0 Å². The van der Waals surface area contributed by atoms with Crippen molar-refractivity contribution in [1.82, 2.24) is 0 Å². The molecule has 1 aliphatic heterocycles. The van der Waals surface area contributed by atoms with Gasteiger partial charge in [-0.2, -0.15) is 4.89 Å². The molecule has 5 heavy (non-hydrogen) atoms. The van der Waals surface area contributed by atoms with Crippen LogP contribution in [-0.2, 0) is 9.62 Å². The van der Waals surface area contributed by atoms with Crippen molar-refractivity contribution < 1.29 is 14.9 Å². The van der Waals surface area contributed by atoms with E-state index in [9.17, 15) is 0 Å². The highest BCUT2D eigenvalue weighted by atomic mass is 17.2. The second-order valence-electron chi connectivity index (χ2n) is 0.752. The number of hydrogen-bond acceptors (Lipinski definition) is 3. The molecular formula is C2H3O3. The summed E-state index contributed by atoms with van der Waals surface area (Å²) in [6, 6.07) is 0. The molecular weight excluding hydrogens is 72.0 g/mol. The van der Waals surface area contributed by atoms with Crippen LogP contribution in [0.1, 0.15) is 0 Å². The molecule has 0 spiro atoms. The van der Waals surface area contributed by atoms with Gasteiger partial charge in [0.2, 0.25) is 0 Å². The van der Waals surface area contributed by atoms with Crippen LogP contribution in [0.2, 0.25) is 0 Å². The van der Waals surface area contributed by atoms with E-state index < -0.39 is 0 Å². The highest BCUT2D eigenvalue weighted by molar-refractivity contribution is 4.75. The smallest absolute Gasteiger partial charge is 0.285 e. The molecule has 1 heterocycles. The molecule has 3 heteroatoms. The molecule has 29 valence electrons. The summed E-state index contributed by atoms with van der Waals surface area (Å²) in [4.78, 5) is 3.56. The Hall–Kier alpha value is -0.120. The number of ether oxygens (including phenoxy) is 1. The third-order valence-electron chi connectivity index (χ3n) is 0.364.